The first kappa shape index (κ1) is 13.6. The van der Waals surface area contributed by atoms with Crippen LogP contribution in [0.2, 0.25) is 0 Å². The van der Waals surface area contributed by atoms with Crippen LogP contribution in [0.5, 0.6) is 5.75 Å². The van der Waals surface area contributed by atoms with Gasteiger partial charge in [0.2, 0.25) is 0 Å². The van der Waals surface area contributed by atoms with Gasteiger partial charge >= 0.3 is 0 Å². The Kier molecular flexibility index (Phi) is 4.94. The molecule has 19 heavy (non-hydrogen) atoms. The van der Waals surface area contributed by atoms with Crippen LogP contribution in [-0.2, 0) is 13.6 Å². The van der Waals surface area contributed by atoms with Crippen molar-refractivity contribution in [2.75, 3.05) is 13.2 Å². The number of para-hydroxylation sites is 1. The van der Waals surface area contributed by atoms with Crippen LogP contribution >= 0.6 is 0 Å². The predicted molar refractivity (Wildman–Crippen MR) is 72.9 cm³/mol. The van der Waals surface area contributed by atoms with Gasteiger partial charge in [-0.15, -0.1) is 0 Å². The van der Waals surface area contributed by atoms with Gasteiger partial charge < -0.3 is 15.2 Å². The molecular formula is C14H19N3O2. The average molecular weight is 261 g/mol. The molecule has 2 aromatic rings. The Bertz CT molecular complexity index is 484. The van der Waals surface area contributed by atoms with Crippen LogP contribution in [0.1, 0.15) is 5.56 Å². The van der Waals surface area contributed by atoms with Crippen molar-refractivity contribution >= 4 is 0 Å². The maximum absolute atomic E-state index is 9.79. The normalized spacial score (nSPS) is 12.3. The average Bonchev–Trinajstić information content (AvgIpc) is 2.83. The number of benzene rings is 1. The standard InChI is InChI=1S/C14H19N3O2/c1-17-10-12(8-16-17)7-15-9-13(18)11-19-14-5-3-2-4-6-14/h2-6,8,10,13,15,18H,7,9,11H2,1H3. The van der Waals surface area contributed by atoms with Crippen molar-refractivity contribution in [3.05, 3.63) is 48.3 Å². The highest BCUT2D eigenvalue weighted by molar-refractivity contribution is 5.20. The first-order valence-electron chi connectivity index (χ1n) is 6.28. The Hall–Kier alpha value is -1.85. The minimum absolute atomic E-state index is 0.282. The summed E-state index contributed by atoms with van der Waals surface area (Å²) in [7, 11) is 1.88. The summed E-state index contributed by atoms with van der Waals surface area (Å²) in [6.45, 7) is 1.46. The number of aliphatic hydroxyl groups is 1. The van der Waals surface area contributed by atoms with Gasteiger partial charge in [0.1, 0.15) is 18.5 Å². The molecular weight excluding hydrogens is 242 g/mol. The molecule has 2 rings (SSSR count). The third-order valence-corrected chi connectivity index (χ3v) is 2.65. The third kappa shape index (κ3) is 4.73. The number of ether oxygens (including phenoxy) is 1. The number of nitrogens with one attached hydrogen (secondary N) is 1. The number of nitrogens with zero attached hydrogens (tertiary/aromatic N) is 2. The van der Waals surface area contributed by atoms with Crippen LogP contribution in [0.3, 0.4) is 0 Å². The molecule has 1 atom stereocenters. The summed E-state index contributed by atoms with van der Waals surface area (Å²) in [4.78, 5) is 0. The number of aryl methyl sites for hydroxylation is 1. The lowest BCUT2D eigenvalue weighted by Crippen LogP contribution is -2.31. The van der Waals surface area contributed by atoms with Gasteiger partial charge in [-0.3, -0.25) is 4.68 Å². The summed E-state index contributed by atoms with van der Waals surface area (Å²) in [5.74, 6) is 0.772. The zero-order chi connectivity index (χ0) is 13.5. The van der Waals surface area contributed by atoms with Crippen LogP contribution in [0.15, 0.2) is 42.7 Å². The number of aliphatic hydroxyl groups excluding tert-OH is 1. The Labute approximate surface area is 112 Å². The minimum Gasteiger partial charge on any atom is -0.491 e. The van der Waals surface area contributed by atoms with E-state index >= 15 is 0 Å². The molecule has 0 aliphatic carbocycles. The first-order chi connectivity index (χ1) is 9.24. The molecule has 0 spiro atoms. The lowest BCUT2D eigenvalue weighted by molar-refractivity contribution is 0.106. The summed E-state index contributed by atoms with van der Waals surface area (Å²) in [6.07, 6.45) is 3.22. The van der Waals surface area contributed by atoms with E-state index in [9.17, 15) is 5.11 Å². The molecule has 1 aromatic heterocycles. The fourth-order valence-corrected chi connectivity index (χ4v) is 1.71. The van der Waals surface area contributed by atoms with Crippen molar-refractivity contribution < 1.29 is 9.84 Å². The Morgan fingerprint density at radius 1 is 1.37 bits per heavy atom. The molecule has 5 nitrogen and oxygen atoms in total. The lowest BCUT2D eigenvalue weighted by Gasteiger charge is -2.12. The number of aromatic nitrogens is 2. The molecule has 0 fully saturated rings. The fourth-order valence-electron chi connectivity index (χ4n) is 1.71. The van der Waals surface area contributed by atoms with Gasteiger partial charge in [0.05, 0.1) is 6.20 Å². The van der Waals surface area contributed by atoms with Crippen LogP contribution in [0.4, 0.5) is 0 Å². The molecule has 1 heterocycles. The maximum Gasteiger partial charge on any atom is 0.119 e. The lowest BCUT2D eigenvalue weighted by atomic mass is 10.3. The molecule has 0 saturated heterocycles. The predicted octanol–water partition coefficient (Wildman–Crippen LogP) is 0.950. The molecule has 2 N–H and O–H groups in total. The van der Waals surface area contributed by atoms with E-state index in [0.717, 1.165) is 11.3 Å². The SMILES string of the molecule is Cn1cc(CNCC(O)COc2ccccc2)cn1. The van der Waals surface area contributed by atoms with E-state index in [2.05, 4.69) is 10.4 Å². The highest BCUT2D eigenvalue weighted by atomic mass is 16.5. The first-order valence-corrected chi connectivity index (χ1v) is 6.28. The molecule has 0 amide bonds. The van der Waals surface area contributed by atoms with Gasteiger partial charge in [-0.25, -0.2) is 0 Å². The van der Waals surface area contributed by atoms with Crippen LogP contribution in [0.25, 0.3) is 0 Å². The summed E-state index contributed by atoms with van der Waals surface area (Å²) in [6, 6.07) is 9.48. The minimum atomic E-state index is -0.531. The largest absolute Gasteiger partial charge is 0.491 e. The summed E-state index contributed by atoms with van der Waals surface area (Å²) in [5.41, 5.74) is 1.10. The van der Waals surface area contributed by atoms with Gasteiger partial charge in [-0.2, -0.15) is 5.10 Å². The van der Waals surface area contributed by atoms with E-state index in [4.69, 9.17) is 4.74 Å². The summed E-state index contributed by atoms with van der Waals surface area (Å²) in [5, 5.41) is 17.0. The molecule has 0 bridgehead atoms. The van der Waals surface area contributed by atoms with E-state index in [-0.39, 0.29) is 6.61 Å². The fraction of sp³-hybridized carbons (Fsp3) is 0.357. The van der Waals surface area contributed by atoms with Gasteiger partial charge in [-0.05, 0) is 12.1 Å². The van der Waals surface area contributed by atoms with Crippen molar-refractivity contribution in [3.63, 3.8) is 0 Å². The van der Waals surface area contributed by atoms with E-state index in [0.29, 0.717) is 13.1 Å². The topological polar surface area (TPSA) is 59.3 Å². The van der Waals surface area contributed by atoms with Gasteiger partial charge in [-0.1, -0.05) is 18.2 Å². The Morgan fingerprint density at radius 2 is 2.16 bits per heavy atom. The molecule has 1 aromatic carbocycles. The molecule has 102 valence electrons. The van der Waals surface area contributed by atoms with Crippen molar-refractivity contribution in [2.45, 2.75) is 12.6 Å². The number of hydrogen-bond donors (Lipinski definition) is 2. The zero-order valence-corrected chi connectivity index (χ0v) is 11.0. The molecule has 0 saturated carbocycles. The van der Waals surface area contributed by atoms with Crippen LogP contribution in [0, 0.1) is 0 Å². The Balaban J connectivity index is 1.63. The van der Waals surface area contributed by atoms with Crippen molar-refractivity contribution in [1.29, 1.82) is 0 Å². The maximum atomic E-state index is 9.79. The van der Waals surface area contributed by atoms with Crippen molar-refractivity contribution in [2.24, 2.45) is 7.05 Å². The highest BCUT2D eigenvalue weighted by Crippen LogP contribution is 2.08. The smallest absolute Gasteiger partial charge is 0.119 e. The quantitative estimate of drug-likeness (QED) is 0.779. The second kappa shape index (κ2) is 6.92. The summed E-state index contributed by atoms with van der Waals surface area (Å²) < 4.78 is 7.22. The van der Waals surface area contributed by atoms with E-state index in [1.807, 2.05) is 43.6 Å². The number of hydrogen-bond acceptors (Lipinski definition) is 4. The number of rotatable bonds is 7. The van der Waals surface area contributed by atoms with Crippen molar-refractivity contribution in [3.8, 4) is 5.75 Å². The van der Waals surface area contributed by atoms with E-state index in [1.54, 1.807) is 10.9 Å². The molecule has 0 aliphatic rings. The van der Waals surface area contributed by atoms with Crippen LogP contribution < -0.4 is 10.1 Å². The monoisotopic (exact) mass is 261 g/mol. The zero-order valence-electron chi connectivity index (χ0n) is 11.0. The van der Waals surface area contributed by atoms with Gasteiger partial charge in [0.25, 0.3) is 0 Å². The third-order valence-electron chi connectivity index (χ3n) is 2.65. The second-order valence-electron chi connectivity index (χ2n) is 4.43. The highest BCUT2D eigenvalue weighted by Gasteiger charge is 2.05. The molecule has 5 heteroatoms. The molecule has 0 aliphatic heterocycles. The molecule has 0 radical (unpaired) electrons. The van der Waals surface area contributed by atoms with Crippen LogP contribution in [-0.4, -0.2) is 34.1 Å². The second-order valence-corrected chi connectivity index (χ2v) is 4.43. The van der Waals surface area contributed by atoms with Crippen molar-refractivity contribution in [1.82, 2.24) is 15.1 Å². The van der Waals surface area contributed by atoms with E-state index < -0.39 is 6.10 Å². The van der Waals surface area contributed by atoms with Gasteiger partial charge in [0.15, 0.2) is 0 Å². The molecule has 1 unspecified atom stereocenters. The summed E-state index contributed by atoms with van der Waals surface area (Å²) >= 11 is 0. The Morgan fingerprint density at radius 3 is 2.84 bits per heavy atom. The van der Waals surface area contributed by atoms with Gasteiger partial charge in [0, 0.05) is 31.9 Å². The van der Waals surface area contributed by atoms with E-state index in [1.165, 1.54) is 0 Å².